The Labute approximate surface area is 86.1 Å². The molecule has 14 heavy (non-hydrogen) atoms. The molecular formula is C9H11N3OS. The van der Waals surface area contributed by atoms with Gasteiger partial charge in [0.25, 0.3) is 5.91 Å². The predicted octanol–water partition coefficient (Wildman–Crippen LogP) is 0.740. The first-order chi connectivity index (χ1) is 6.84. The zero-order valence-corrected chi connectivity index (χ0v) is 8.46. The van der Waals surface area contributed by atoms with Gasteiger partial charge in [0.05, 0.1) is 0 Å². The van der Waals surface area contributed by atoms with Crippen molar-refractivity contribution in [1.82, 2.24) is 14.9 Å². The molecule has 4 nitrogen and oxygen atoms in total. The average Bonchev–Trinajstić information content (AvgIpc) is 2.93. The summed E-state index contributed by atoms with van der Waals surface area (Å²) < 4.78 is 0. The lowest BCUT2D eigenvalue weighted by molar-refractivity contribution is 0.0736. The molecular weight excluding hydrogens is 198 g/mol. The van der Waals surface area contributed by atoms with E-state index in [1.165, 1.54) is 0 Å². The van der Waals surface area contributed by atoms with Crippen LogP contribution in [0.25, 0.3) is 0 Å². The van der Waals surface area contributed by atoms with Crippen molar-refractivity contribution in [2.75, 3.05) is 12.3 Å². The summed E-state index contributed by atoms with van der Waals surface area (Å²) in [6.07, 6.45) is 4.48. The van der Waals surface area contributed by atoms with Crippen molar-refractivity contribution in [2.45, 2.75) is 17.7 Å². The number of imidazole rings is 1. The summed E-state index contributed by atoms with van der Waals surface area (Å²) in [5.41, 5.74) is 0. The van der Waals surface area contributed by atoms with Gasteiger partial charge >= 0.3 is 0 Å². The molecule has 3 heterocycles. The molecule has 2 aliphatic heterocycles. The maximum absolute atomic E-state index is 11.9. The van der Waals surface area contributed by atoms with Crippen LogP contribution in [0.15, 0.2) is 12.4 Å². The van der Waals surface area contributed by atoms with Gasteiger partial charge in [0.1, 0.15) is 0 Å². The maximum atomic E-state index is 11.9. The SMILES string of the molecule is O=C(c1ncc[nH]1)N1C[C@@H]2C[C@H]1CS2. The van der Waals surface area contributed by atoms with Gasteiger partial charge in [-0.1, -0.05) is 0 Å². The first-order valence-electron chi connectivity index (χ1n) is 4.76. The minimum absolute atomic E-state index is 0.0581. The molecule has 1 aromatic heterocycles. The lowest BCUT2D eigenvalue weighted by atomic mass is 10.2. The molecule has 5 heteroatoms. The van der Waals surface area contributed by atoms with Crippen LogP contribution >= 0.6 is 11.8 Å². The molecule has 74 valence electrons. The van der Waals surface area contributed by atoms with Crippen LogP contribution in [0.2, 0.25) is 0 Å². The fraction of sp³-hybridized carbons (Fsp3) is 0.556. The van der Waals surface area contributed by atoms with Crippen LogP contribution in [0.3, 0.4) is 0 Å². The predicted molar refractivity (Wildman–Crippen MR) is 54.3 cm³/mol. The van der Waals surface area contributed by atoms with Gasteiger partial charge < -0.3 is 9.88 Å². The van der Waals surface area contributed by atoms with Crippen molar-refractivity contribution in [1.29, 1.82) is 0 Å². The Morgan fingerprint density at radius 2 is 2.64 bits per heavy atom. The molecule has 0 spiro atoms. The molecule has 2 atom stereocenters. The number of aromatic nitrogens is 2. The summed E-state index contributed by atoms with van der Waals surface area (Å²) in [6, 6.07) is 0.447. The summed E-state index contributed by atoms with van der Waals surface area (Å²) in [5.74, 6) is 1.63. The van der Waals surface area contributed by atoms with Crippen LogP contribution in [0.5, 0.6) is 0 Å². The van der Waals surface area contributed by atoms with Crippen molar-refractivity contribution in [3.05, 3.63) is 18.2 Å². The molecule has 2 fully saturated rings. The van der Waals surface area contributed by atoms with Crippen molar-refractivity contribution >= 4 is 17.7 Å². The van der Waals surface area contributed by atoms with Crippen LogP contribution in [0.4, 0.5) is 0 Å². The van der Waals surface area contributed by atoms with E-state index < -0.39 is 0 Å². The summed E-state index contributed by atoms with van der Waals surface area (Å²) in [5, 5.41) is 0.666. The quantitative estimate of drug-likeness (QED) is 0.742. The Hall–Kier alpha value is -0.970. The van der Waals surface area contributed by atoms with E-state index in [2.05, 4.69) is 9.97 Å². The van der Waals surface area contributed by atoms with Gasteiger partial charge in [-0.15, -0.1) is 0 Å². The molecule has 1 amide bonds. The van der Waals surface area contributed by atoms with Crippen LogP contribution in [0, 0.1) is 0 Å². The highest BCUT2D eigenvalue weighted by Crippen LogP contribution is 2.37. The van der Waals surface area contributed by atoms with Crippen molar-refractivity contribution < 1.29 is 4.79 Å². The van der Waals surface area contributed by atoms with E-state index >= 15 is 0 Å². The third kappa shape index (κ3) is 1.15. The molecule has 3 rings (SSSR count). The Morgan fingerprint density at radius 3 is 3.21 bits per heavy atom. The van der Waals surface area contributed by atoms with E-state index in [4.69, 9.17) is 0 Å². The number of nitrogens with one attached hydrogen (secondary N) is 1. The lowest BCUT2D eigenvalue weighted by Crippen LogP contribution is -2.39. The van der Waals surface area contributed by atoms with E-state index in [0.29, 0.717) is 17.1 Å². The smallest absolute Gasteiger partial charge is 0.289 e. The minimum Gasteiger partial charge on any atom is -0.341 e. The topological polar surface area (TPSA) is 49.0 Å². The average molecular weight is 209 g/mol. The lowest BCUT2D eigenvalue weighted by Gasteiger charge is -2.25. The maximum Gasteiger partial charge on any atom is 0.289 e. The van der Waals surface area contributed by atoms with Crippen molar-refractivity contribution in [3.8, 4) is 0 Å². The van der Waals surface area contributed by atoms with E-state index in [-0.39, 0.29) is 5.91 Å². The van der Waals surface area contributed by atoms with Gasteiger partial charge in [0.2, 0.25) is 0 Å². The first kappa shape index (κ1) is 8.35. The van der Waals surface area contributed by atoms with Gasteiger partial charge in [-0.05, 0) is 6.42 Å². The highest BCUT2D eigenvalue weighted by molar-refractivity contribution is 8.00. The molecule has 0 saturated carbocycles. The molecule has 0 unspecified atom stereocenters. The van der Waals surface area contributed by atoms with Crippen LogP contribution < -0.4 is 0 Å². The second kappa shape index (κ2) is 3.02. The number of likely N-dealkylation sites (tertiary alicyclic amines) is 1. The summed E-state index contributed by atoms with van der Waals surface area (Å²) in [6.45, 7) is 0.898. The number of hydrogen-bond donors (Lipinski definition) is 1. The Kier molecular flexibility index (Phi) is 1.80. The zero-order chi connectivity index (χ0) is 9.54. The number of hydrogen-bond acceptors (Lipinski definition) is 3. The first-order valence-corrected chi connectivity index (χ1v) is 5.81. The summed E-state index contributed by atoms with van der Waals surface area (Å²) in [7, 11) is 0. The monoisotopic (exact) mass is 209 g/mol. The molecule has 1 N–H and O–H groups in total. The number of thioether (sulfide) groups is 1. The molecule has 0 aliphatic carbocycles. The fourth-order valence-electron chi connectivity index (χ4n) is 2.17. The third-order valence-electron chi connectivity index (χ3n) is 2.86. The van der Waals surface area contributed by atoms with Gasteiger partial charge in [-0.3, -0.25) is 4.79 Å². The second-order valence-corrected chi connectivity index (χ2v) is 5.07. The Balaban J connectivity index is 1.81. The normalized spacial score (nSPS) is 29.9. The van der Waals surface area contributed by atoms with Crippen LogP contribution in [-0.2, 0) is 0 Å². The van der Waals surface area contributed by atoms with Gasteiger partial charge in [0, 0.05) is 36.0 Å². The Morgan fingerprint density at radius 1 is 1.71 bits per heavy atom. The van der Waals surface area contributed by atoms with E-state index in [9.17, 15) is 4.79 Å². The second-order valence-electron chi connectivity index (χ2n) is 3.74. The molecule has 0 aromatic carbocycles. The molecule has 1 aromatic rings. The largest absolute Gasteiger partial charge is 0.341 e. The number of amides is 1. The number of rotatable bonds is 1. The molecule has 2 aliphatic rings. The number of nitrogens with zero attached hydrogens (tertiary/aromatic N) is 2. The fourth-order valence-corrected chi connectivity index (χ4v) is 3.60. The number of fused-ring (bicyclic) bond motifs is 2. The molecule has 0 radical (unpaired) electrons. The van der Waals surface area contributed by atoms with Gasteiger partial charge in [-0.25, -0.2) is 4.98 Å². The number of aromatic amines is 1. The number of H-pyrrole nitrogens is 1. The standard InChI is InChI=1S/C9H11N3OS/c13-9(8-10-1-2-11-8)12-4-7-3-6(12)5-14-7/h1-2,6-7H,3-5H2,(H,10,11)/t6-,7-/m0/s1. The van der Waals surface area contributed by atoms with E-state index in [1.54, 1.807) is 12.4 Å². The summed E-state index contributed by atoms with van der Waals surface area (Å²) >= 11 is 1.99. The highest BCUT2D eigenvalue weighted by Gasteiger charge is 2.41. The van der Waals surface area contributed by atoms with Crippen LogP contribution in [-0.4, -0.2) is 44.4 Å². The molecule has 2 bridgehead atoms. The molecule has 2 saturated heterocycles. The zero-order valence-electron chi connectivity index (χ0n) is 7.64. The van der Waals surface area contributed by atoms with E-state index in [0.717, 1.165) is 18.7 Å². The Bertz CT molecular complexity index is 351. The summed E-state index contributed by atoms with van der Waals surface area (Å²) in [4.78, 5) is 20.7. The van der Waals surface area contributed by atoms with E-state index in [1.807, 2.05) is 16.7 Å². The van der Waals surface area contributed by atoms with Gasteiger partial charge in [-0.2, -0.15) is 11.8 Å². The van der Waals surface area contributed by atoms with Crippen molar-refractivity contribution in [2.24, 2.45) is 0 Å². The number of carbonyl (C=O) groups excluding carboxylic acids is 1. The van der Waals surface area contributed by atoms with Crippen LogP contribution in [0.1, 0.15) is 17.0 Å². The van der Waals surface area contributed by atoms with Crippen molar-refractivity contribution in [3.63, 3.8) is 0 Å². The highest BCUT2D eigenvalue weighted by atomic mass is 32.2. The van der Waals surface area contributed by atoms with Gasteiger partial charge in [0.15, 0.2) is 5.82 Å². The number of carbonyl (C=O) groups is 1. The third-order valence-corrected chi connectivity index (χ3v) is 4.25. The minimum atomic E-state index is 0.0581.